The van der Waals surface area contributed by atoms with Gasteiger partial charge in [-0.25, -0.2) is 9.97 Å². The summed E-state index contributed by atoms with van der Waals surface area (Å²) in [5, 5.41) is 2.68. The summed E-state index contributed by atoms with van der Waals surface area (Å²) in [6, 6.07) is 9.48. The van der Waals surface area contributed by atoms with Gasteiger partial charge in [0.1, 0.15) is 0 Å². The van der Waals surface area contributed by atoms with Crippen molar-refractivity contribution in [3.05, 3.63) is 53.3 Å². The number of fused-ring (bicyclic) bond motifs is 1. The average molecular weight is 281 g/mol. The number of nitrogens with one attached hydrogen (secondary N) is 1. The molecule has 0 fully saturated rings. The number of benzene rings is 1. The number of Topliss-reactive ketones (excluding diaryl/α,β-unsaturated/α-hetero) is 1. The molecule has 3 rings (SSSR count). The highest BCUT2D eigenvalue weighted by Gasteiger charge is 2.19. The third kappa shape index (κ3) is 3.13. The largest absolute Gasteiger partial charge is 0.294 e. The van der Waals surface area contributed by atoms with Gasteiger partial charge in [-0.3, -0.25) is 14.9 Å². The van der Waals surface area contributed by atoms with E-state index in [1.807, 2.05) is 30.3 Å². The third-order valence-corrected chi connectivity index (χ3v) is 3.44. The maximum Gasteiger partial charge on any atom is 0.231 e. The van der Waals surface area contributed by atoms with E-state index in [2.05, 4.69) is 15.3 Å². The van der Waals surface area contributed by atoms with Gasteiger partial charge in [0, 0.05) is 12.6 Å². The van der Waals surface area contributed by atoms with Crippen LogP contribution in [0.2, 0.25) is 0 Å². The van der Waals surface area contributed by atoms with Crippen LogP contribution >= 0.6 is 0 Å². The molecule has 2 aromatic rings. The normalized spacial score (nSPS) is 13.6. The van der Waals surface area contributed by atoms with Gasteiger partial charge in [-0.2, -0.15) is 0 Å². The maximum absolute atomic E-state index is 12.0. The zero-order chi connectivity index (χ0) is 14.7. The van der Waals surface area contributed by atoms with Crippen LogP contribution in [-0.4, -0.2) is 21.7 Å². The first-order valence-corrected chi connectivity index (χ1v) is 6.95. The fourth-order valence-electron chi connectivity index (χ4n) is 2.40. The molecule has 1 heterocycles. The molecule has 0 atom stereocenters. The second-order valence-electron chi connectivity index (χ2n) is 5.04. The van der Waals surface area contributed by atoms with Crippen LogP contribution in [0.15, 0.2) is 36.5 Å². The number of anilines is 1. The van der Waals surface area contributed by atoms with Crippen LogP contribution in [0.1, 0.15) is 34.5 Å². The molecule has 21 heavy (non-hydrogen) atoms. The van der Waals surface area contributed by atoms with Crippen molar-refractivity contribution in [2.75, 3.05) is 5.32 Å². The number of aromatic nitrogens is 2. The minimum Gasteiger partial charge on any atom is -0.294 e. The molecule has 1 N–H and O–H groups in total. The van der Waals surface area contributed by atoms with Crippen molar-refractivity contribution in [1.82, 2.24) is 9.97 Å². The van der Waals surface area contributed by atoms with Crippen molar-refractivity contribution in [1.29, 1.82) is 0 Å². The Labute approximate surface area is 122 Å². The Bertz CT molecular complexity index is 683. The summed E-state index contributed by atoms with van der Waals surface area (Å²) in [6.45, 7) is 0. The van der Waals surface area contributed by atoms with Crippen LogP contribution < -0.4 is 5.32 Å². The smallest absolute Gasteiger partial charge is 0.231 e. The van der Waals surface area contributed by atoms with E-state index in [1.54, 1.807) is 0 Å². The van der Waals surface area contributed by atoms with E-state index in [0.717, 1.165) is 24.1 Å². The lowest BCUT2D eigenvalue weighted by atomic mass is 9.96. The molecule has 1 amide bonds. The fraction of sp³-hybridized carbons (Fsp3) is 0.250. The quantitative estimate of drug-likeness (QED) is 0.936. The summed E-state index contributed by atoms with van der Waals surface area (Å²) in [5.74, 6) is 0.186. The van der Waals surface area contributed by atoms with Gasteiger partial charge in [0.05, 0.1) is 17.7 Å². The Kier molecular flexibility index (Phi) is 3.73. The number of rotatable bonds is 3. The Balaban J connectivity index is 1.70. The molecule has 5 nitrogen and oxygen atoms in total. The summed E-state index contributed by atoms with van der Waals surface area (Å²) in [6.07, 6.45) is 3.91. The van der Waals surface area contributed by atoms with Crippen molar-refractivity contribution in [2.24, 2.45) is 0 Å². The number of carbonyl (C=O) groups excluding carboxylic acids is 2. The van der Waals surface area contributed by atoms with Crippen molar-refractivity contribution >= 4 is 17.6 Å². The Morgan fingerprint density at radius 2 is 2.00 bits per heavy atom. The van der Waals surface area contributed by atoms with E-state index in [-0.39, 0.29) is 24.1 Å². The van der Waals surface area contributed by atoms with Crippen LogP contribution in [0.5, 0.6) is 0 Å². The first-order valence-electron chi connectivity index (χ1n) is 6.95. The lowest BCUT2D eigenvalue weighted by Crippen LogP contribution is -2.19. The summed E-state index contributed by atoms with van der Waals surface area (Å²) >= 11 is 0. The third-order valence-electron chi connectivity index (χ3n) is 3.44. The zero-order valence-electron chi connectivity index (χ0n) is 11.5. The molecule has 0 bridgehead atoms. The molecule has 5 heteroatoms. The van der Waals surface area contributed by atoms with Crippen LogP contribution in [0.25, 0.3) is 0 Å². The molecule has 106 valence electrons. The van der Waals surface area contributed by atoms with Gasteiger partial charge in [0.25, 0.3) is 0 Å². The fourth-order valence-corrected chi connectivity index (χ4v) is 2.40. The number of hydrogen-bond donors (Lipinski definition) is 1. The lowest BCUT2D eigenvalue weighted by Gasteiger charge is -2.13. The molecule has 1 aliphatic carbocycles. The molecule has 1 aromatic heterocycles. The molecule has 0 saturated carbocycles. The van der Waals surface area contributed by atoms with Crippen molar-refractivity contribution in [2.45, 2.75) is 25.7 Å². The molecule has 0 saturated heterocycles. The van der Waals surface area contributed by atoms with Gasteiger partial charge in [-0.05, 0) is 18.4 Å². The van der Waals surface area contributed by atoms with Gasteiger partial charge in [0.2, 0.25) is 11.9 Å². The predicted molar refractivity (Wildman–Crippen MR) is 78.1 cm³/mol. The van der Waals surface area contributed by atoms with Crippen molar-refractivity contribution in [3.8, 4) is 0 Å². The molecule has 0 aliphatic heterocycles. The first kappa shape index (κ1) is 13.4. The minimum absolute atomic E-state index is 0.0819. The maximum atomic E-state index is 12.0. The summed E-state index contributed by atoms with van der Waals surface area (Å²) in [4.78, 5) is 32.0. The topological polar surface area (TPSA) is 72.0 Å². The zero-order valence-corrected chi connectivity index (χ0v) is 11.5. The first-order chi connectivity index (χ1) is 10.2. The minimum atomic E-state index is -0.164. The number of hydrogen-bond acceptors (Lipinski definition) is 4. The Morgan fingerprint density at radius 1 is 1.19 bits per heavy atom. The van der Waals surface area contributed by atoms with E-state index in [0.29, 0.717) is 12.0 Å². The van der Waals surface area contributed by atoms with Gasteiger partial charge < -0.3 is 0 Å². The molecular formula is C16H15N3O2. The predicted octanol–water partition coefficient (Wildman–Crippen LogP) is 2.18. The highest BCUT2D eigenvalue weighted by atomic mass is 16.1. The Hall–Kier alpha value is -2.56. The second kappa shape index (κ2) is 5.83. The van der Waals surface area contributed by atoms with Crippen LogP contribution in [0.4, 0.5) is 5.95 Å². The molecule has 0 unspecified atom stereocenters. The highest BCUT2D eigenvalue weighted by molar-refractivity contribution is 5.98. The van der Waals surface area contributed by atoms with Gasteiger partial charge in [-0.1, -0.05) is 30.3 Å². The van der Waals surface area contributed by atoms with Crippen LogP contribution in [-0.2, 0) is 17.6 Å². The molecule has 0 radical (unpaired) electrons. The van der Waals surface area contributed by atoms with Gasteiger partial charge in [0.15, 0.2) is 5.78 Å². The summed E-state index contributed by atoms with van der Waals surface area (Å²) in [7, 11) is 0. The molecule has 0 spiro atoms. The lowest BCUT2D eigenvalue weighted by molar-refractivity contribution is -0.115. The van der Waals surface area contributed by atoms with E-state index >= 15 is 0 Å². The molecule has 1 aliphatic rings. The summed E-state index contributed by atoms with van der Waals surface area (Å²) < 4.78 is 0. The summed E-state index contributed by atoms with van der Waals surface area (Å²) in [5.41, 5.74) is 2.25. The number of nitrogens with zero attached hydrogens (tertiary/aromatic N) is 2. The van der Waals surface area contributed by atoms with E-state index in [9.17, 15) is 9.59 Å². The Morgan fingerprint density at radius 3 is 2.81 bits per heavy atom. The molecular weight excluding hydrogens is 266 g/mol. The average Bonchev–Trinajstić information content (AvgIpc) is 2.48. The SMILES string of the molecule is O=C(Cc1ccccc1)Nc1ncc2c(n1)CCCC2=O. The number of carbonyl (C=O) groups is 2. The van der Waals surface area contributed by atoms with Gasteiger partial charge >= 0.3 is 0 Å². The van der Waals surface area contributed by atoms with Gasteiger partial charge in [-0.15, -0.1) is 0 Å². The number of ketones is 1. The van der Waals surface area contributed by atoms with E-state index in [4.69, 9.17) is 0 Å². The van der Waals surface area contributed by atoms with E-state index < -0.39 is 0 Å². The molecule has 1 aromatic carbocycles. The number of aryl methyl sites for hydroxylation is 1. The second-order valence-corrected chi connectivity index (χ2v) is 5.04. The van der Waals surface area contributed by atoms with Crippen molar-refractivity contribution < 1.29 is 9.59 Å². The van der Waals surface area contributed by atoms with Crippen molar-refractivity contribution in [3.63, 3.8) is 0 Å². The van der Waals surface area contributed by atoms with Crippen LogP contribution in [0, 0.1) is 0 Å². The van der Waals surface area contributed by atoms with Crippen LogP contribution in [0.3, 0.4) is 0 Å². The standard InChI is InChI=1S/C16H15N3O2/c20-14-8-4-7-13-12(14)10-17-16(18-13)19-15(21)9-11-5-2-1-3-6-11/h1-3,5-6,10H,4,7-9H2,(H,17,18,19,21). The van der Waals surface area contributed by atoms with E-state index in [1.165, 1.54) is 6.20 Å². The number of amides is 1. The monoisotopic (exact) mass is 281 g/mol. The highest BCUT2D eigenvalue weighted by Crippen LogP contribution is 2.19.